The molecule has 1 heterocycles. The molecule has 1 aliphatic rings. The van der Waals surface area contributed by atoms with Gasteiger partial charge in [-0.25, -0.2) is 4.67 Å². The van der Waals surface area contributed by atoms with E-state index in [4.69, 9.17) is 4.52 Å². The van der Waals surface area contributed by atoms with Crippen molar-refractivity contribution in [3.05, 3.63) is 0 Å². The predicted octanol–water partition coefficient (Wildman–Crippen LogP) is 1.81. The molecule has 0 radical (unpaired) electrons. The number of nitrogens with zero attached hydrogens (tertiary/aromatic N) is 1. The Morgan fingerprint density at radius 1 is 1.70 bits per heavy atom. The molecule has 1 saturated heterocycles. The van der Waals surface area contributed by atoms with Crippen molar-refractivity contribution in [2.75, 3.05) is 19.8 Å². The minimum absolute atomic E-state index is 0.137. The van der Waals surface area contributed by atoms with Gasteiger partial charge < -0.3 is 4.52 Å². The lowest BCUT2D eigenvalue weighted by Crippen LogP contribution is -2.07. The van der Waals surface area contributed by atoms with E-state index < -0.39 is 6.72 Å². The van der Waals surface area contributed by atoms with Crippen molar-refractivity contribution in [3.8, 4) is 0 Å². The molecule has 10 heavy (non-hydrogen) atoms. The van der Waals surface area contributed by atoms with Gasteiger partial charge in [0.25, 0.3) is 0 Å². The predicted molar refractivity (Wildman–Crippen MR) is 44.3 cm³/mol. The van der Waals surface area contributed by atoms with Crippen LogP contribution in [0, 0.1) is 0 Å². The molecule has 2 atom stereocenters. The van der Waals surface area contributed by atoms with E-state index in [1.165, 1.54) is 11.4 Å². The first-order chi connectivity index (χ1) is 4.54. The van der Waals surface area contributed by atoms with Crippen molar-refractivity contribution in [2.45, 2.75) is 13.0 Å². The molecule has 60 valence electrons. The van der Waals surface area contributed by atoms with E-state index in [0.717, 1.165) is 5.75 Å². The van der Waals surface area contributed by atoms with Gasteiger partial charge in [0.05, 0.1) is 6.10 Å². The Balaban J connectivity index is 2.64. The summed E-state index contributed by atoms with van der Waals surface area (Å²) in [5.41, 5.74) is 0. The fourth-order valence-corrected chi connectivity index (χ4v) is 4.79. The van der Waals surface area contributed by atoms with Gasteiger partial charge in [0.15, 0.2) is 0 Å². The average Bonchev–Trinajstić information content (AvgIpc) is 2.13. The van der Waals surface area contributed by atoms with Crippen LogP contribution in [-0.2, 0) is 9.09 Å². The van der Waals surface area contributed by atoms with Gasteiger partial charge in [0, 0.05) is 5.75 Å². The van der Waals surface area contributed by atoms with Crippen LogP contribution in [0.25, 0.3) is 0 Å². The highest BCUT2D eigenvalue weighted by Gasteiger charge is 2.36. The fourth-order valence-electron chi connectivity index (χ4n) is 0.697. The molecule has 0 aliphatic carbocycles. The molecule has 0 amide bonds. The van der Waals surface area contributed by atoms with Crippen LogP contribution in [0.2, 0.25) is 0 Å². The van der Waals surface area contributed by atoms with Crippen molar-refractivity contribution in [3.63, 3.8) is 0 Å². The zero-order chi connectivity index (χ0) is 7.78. The molecule has 0 bridgehead atoms. The molecule has 3 nitrogen and oxygen atoms in total. The summed E-state index contributed by atoms with van der Waals surface area (Å²) in [4.78, 5) is 0. The quantitative estimate of drug-likeness (QED) is 0.577. The molecule has 2 unspecified atom stereocenters. The van der Waals surface area contributed by atoms with Gasteiger partial charge in [-0.3, -0.25) is 4.57 Å². The van der Waals surface area contributed by atoms with Crippen molar-refractivity contribution < 1.29 is 9.09 Å². The van der Waals surface area contributed by atoms with Crippen molar-refractivity contribution in [1.82, 2.24) is 4.67 Å². The Kier molecular flexibility index (Phi) is 2.46. The first kappa shape index (κ1) is 8.60. The minimum atomic E-state index is -2.45. The van der Waals surface area contributed by atoms with Crippen molar-refractivity contribution >= 4 is 18.1 Å². The first-order valence-electron chi connectivity index (χ1n) is 3.15. The van der Waals surface area contributed by atoms with Crippen LogP contribution in [0.1, 0.15) is 6.92 Å². The van der Waals surface area contributed by atoms with E-state index in [2.05, 4.69) is 0 Å². The monoisotopic (exact) mass is 181 g/mol. The highest BCUT2D eigenvalue weighted by molar-refractivity contribution is 8.56. The summed E-state index contributed by atoms with van der Waals surface area (Å²) in [6.07, 6.45) is 0.137. The second-order valence-corrected chi connectivity index (χ2v) is 7.23. The lowest BCUT2D eigenvalue weighted by Gasteiger charge is -2.17. The molecular formula is C5H12NO2PS. The first-order valence-corrected chi connectivity index (χ1v) is 6.32. The van der Waals surface area contributed by atoms with Gasteiger partial charge in [-0.2, -0.15) is 0 Å². The summed E-state index contributed by atoms with van der Waals surface area (Å²) in [6.45, 7) is -0.507. The van der Waals surface area contributed by atoms with Gasteiger partial charge in [-0.05, 0) is 21.0 Å². The van der Waals surface area contributed by atoms with Crippen LogP contribution in [0.15, 0.2) is 0 Å². The van der Waals surface area contributed by atoms with Gasteiger partial charge in [0.2, 0.25) is 0 Å². The summed E-state index contributed by atoms with van der Waals surface area (Å²) in [7, 11) is 3.57. The van der Waals surface area contributed by atoms with Crippen LogP contribution in [0.5, 0.6) is 0 Å². The van der Waals surface area contributed by atoms with E-state index in [9.17, 15) is 4.57 Å². The number of hydrogen-bond acceptors (Lipinski definition) is 3. The van der Waals surface area contributed by atoms with E-state index in [0.29, 0.717) is 0 Å². The summed E-state index contributed by atoms with van der Waals surface area (Å²) < 4.78 is 18.5. The SMILES string of the molecule is CC1CSP(=O)(N(C)C)O1. The second kappa shape index (κ2) is 2.86. The molecule has 0 aromatic rings. The van der Waals surface area contributed by atoms with Crippen LogP contribution in [-0.4, -0.2) is 30.6 Å². The molecule has 1 aliphatic heterocycles. The highest BCUT2D eigenvalue weighted by atomic mass is 32.7. The molecular weight excluding hydrogens is 169 g/mol. The van der Waals surface area contributed by atoms with Crippen LogP contribution < -0.4 is 0 Å². The Labute approximate surface area is 65.4 Å². The van der Waals surface area contributed by atoms with Gasteiger partial charge in [-0.15, -0.1) is 0 Å². The molecule has 0 spiro atoms. The van der Waals surface area contributed by atoms with E-state index in [1.807, 2.05) is 6.92 Å². The summed E-state index contributed by atoms with van der Waals surface area (Å²) >= 11 is 1.42. The molecule has 1 rings (SSSR count). The van der Waals surface area contributed by atoms with Crippen LogP contribution in [0.4, 0.5) is 0 Å². The maximum Gasteiger partial charge on any atom is 0.328 e. The Hall–Kier alpha value is 0.500. The number of hydrogen-bond donors (Lipinski definition) is 0. The fraction of sp³-hybridized carbons (Fsp3) is 1.00. The van der Waals surface area contributed by atoms with Gasteiger partial charge in [-0.1, -0.05) is 11.4 Å². The molecule has 0 N–H and O–H groups in total. The topological polar surface area (TPSA) is 29.5 Å². The molecule has 1 fully saturated rings. The lowest BCUT2D eigenvalue weighted by molar-refractivity contribution is 0.245. The van der Waals surface area contributed by atoms with Crippen LogP contribution >= 0.6 is 18.1 Å². The van der Waals surface area contributed by atoms with E-state index >= 15 is 0 Å². The van der Waals surface area contributed by atoms with Crippen LogP contribution in [0.3, 0.4) is 0 Å². The maximum absolute atomic E-state index is 11.6. The Bertz CT molecular complexity index is 173. The smallest absolute Gasteiger partial charge is 0.306 e. The summed E-state index contributed by atoms with van der Waals surface area (Å²) in [6, 6.07) is 0. The Morgan fingerprint density at radius 3 is 2.50 bits per heavy atom. The maximum atomic E-state index is 11.6. The van der Waals surface area contributed by atoms with E-state index in [-0.39, 0.29) is 6.10 Å². The second-order valence-electron chi connectivity index (χ2n) is 2.53. The standard InChI is InChI=1S/C5H12NO2PS/c1-5-4-10-9(7,8-5)6(2)3/h5H,4H2,1-3H3. The third kappa shape index (κ3) is 1.56. The molecule has 0 saturated carbocycles. The number of rotatable bonds is 1. The normalized spacial score (nSPS) is 41.0. The largest absolute Gasteiger partial charge is 0.328 e. The zero-order valence-corrected chi connectivity index (χ0v) is 8.11. The summed E-state index contributed by atoms with van der Waals surface area (Å²) in [5.74, 6) is 0.843. The third-order valence-electron chi connectivity index (χ3n) is 1.28. The highest BCUT2D eigenvalue weighted by Crippen LogP contribution is 2.66. The van der Waals surface area contributed by atoms with Gasteiger partial charge >= 0.3 is 6.72 Å². The molecule has 0 aromatic carbocycles. The van der Waals surface area contributed by atoms with Crippen molar-refractivity contribution in [2.24, 2.45) is 0 Å². The zero-order valence-electron chi connectivity index (χ0n) is 6.40. The average molecular weight is 181 g/mol. The van der Waals surface area contributed by atoms with Crippen molar-refractivity contribution in [1.29, 1.82) is 0 Å². The molecule has 5 heteroatoms. The lowest BCUT2D eigenvalue weighted by atomic mass is 10.5. The summed E-state index contributed by atoms with van der Waals surface area (Å²) in [5, 5.41) is 0. The minimum Gasteiger partial charge on any atom is -0.306 e. The van der Waals surface area contributed by atoms with Gasteiger partial charge in [0.1, 0.15) is 0 Å². The Morgan fingerprint density at radius 2 is 2.30 bits per heavy atom. The molecule has 0 aromatic heterocycles. The third-order valence-corrected chi connectivity index (χ3v) is 6.49. The van der Waals surface area contributed by atoms with E-state index in [1.54, 1.807) is 18.8 Å².